The van der Waals surface area contributed by atoms with Crippen LogP contribution in [0.1, 0.15) is 20.3 Å². The molecule has 0 radical (unpaired) electrons. The Bertz CT molecular complexity index is 880. The summed E-state index contributed by atoms with van der Waals surface area (Å²) >= 11 is 2.90. The average molecular weight is 376 g/mol. The smallest absolute Gasteiger partial charge is 0.319 e. The molecule has 0 spiro atoms. The quantitative estimate of drug-likeness (QED) is 0.347. The zero-order valence-corrected chi connectivity index (χ0v) is 15.5. The van der Waals surface area contributed by atoms with Crippen molar-refractivity contribution >= 4 is 39.3 Å². The van der Waals surface area contributed by atoms with Crippen LogP contribution in [0, 0.1) is 5.82 Å². The largest absolute Gasteiger partial charge is 0.465 e. The second-order valence-electron chi connectivity index (χ2n) is 5.28. The molecule has 0 aliphatic heterocycles. The minimum absolute atomic E-state index is 0.236. The summed E-state index contributed by atoms with van der Waals surface area (Å²) < 4.78 is 18.4. The molecular formula is C18H17FN2O2S2. The third kappa shape index (κ3) is 3.82. The topological polar surface area (TPSA) is 52.1 Å². The first-order valence-corrected chi connectivity index (χ1v) is 9.71. The van der Waals surface area contributed by atoms with Crippen molar-refractivity contribution in [2.24, 2.45) is 0 Å². The van der Waals surface area contributed by atoms with E-state index in [2.05, 4.69) is 9.97 Å². The zero-order chi connectivity index (χ0) is 17.8. The second kappa shape index (κ2) is 7.93. The van der Waals surface area contributed by atoms with Gasteiger partial charge < -0.3 is 4.74 Å². The van der Waals surface area contributed by atoms with Crippen molar-refractivity contribution in [1.82, 2.24) is 9.97 Å². The van der Waals surface area contributed by atoms with Crippen LogP contribution in [0.3, 0.4) is 0 Å². The summed E-state index contributed by atoms with van der Waals surface area (Å²) in [5, 5.41) is 3.30. The summed E-state index contributed by atoms with van der Waals surface area (Å²) in [5.41, 5.74) is 1.84. The van der Waals surface area contributed by atoms with E-state index in [1.54, 1.807) is 19.1 Å². The lowest BCUT2D eigenvalue weighted by atomic mass is 10.1. The Morgan fingerprint density at radius 3 is 2.72 bits per heavy atom. The summed E-state index contributed by atoms with van der Waals surface area (Å²) in [6, 6.07) is 6.34. The van der Waals surface area contributed by atoms with Crippen molar-refractivity contribution < 1.29 is 13.9 Å². The maximum atomic E-state index is 13.2. The number of halogens is 1. The molecular weight excluding hydrogens is 359 g/mol. The van der Waals surface area contributed by atoms with Crippen LogP contribution in [-0.4, -0.2) is 27.8 Å². The van der Waals surface area contributed by atoms with Gasteiger partial charge in [-0.2, -0.15) is 0 Å². The predicted molar refractivity (Wildman–Crippen MR) is 99.4 cm³/mol. The molecule has 4 nitrogen and oxygen atoms in total. The van der Waals surface area contributed by atoms with Crippen LogP contribution >= 0.6 is 23.1 Å². The molecule has 0 bridgehead atoms. The van der Waals surface area contributed by atoms with Gasteiger partial charge in [0.25, 0.3) is 0 Å². The number of aromatic nitrogens is 2. The number of ether oxygens (including phenoxy) is 1. The molecule has 3 rings (SSSR count). The Hall–Kier alpha value is -1.99. The molecule has 2 aromatic heterocycles. The molecule has 3 aromatic rings. The normalized spacial score (nSPS) is 12.3. The summed E-state index contributed by atoms with van der Waals surface area (Å²) in [6.45, 7) is 4.10. The fourth-order valence-electron chi connectivity index (χ4n) is 2.45. The maximum Gasteiger partial charge on any atom is 0.319 e. The molecule has 25 heavy (non-hydrogen) atoms. The van der Waals surface area contributed by atoms with Crippen molar-refractivity contribution in [3.63, 3.8) is 0 Å². The minimum atomic E-state index is -0.320. The van der Waals surface area contributed by atoms with Gasteiger partial charge in [-0.1, -0.05) is 30.8 Å². The SMILES string of the molecule is CCOC(=O)C(CC)Sc1ncnc2scc(-c3ccc(F)cc3)c12. The van der Waals surface area contributed by atoms with Crippen molar-refractivity contribution in [3.8, 4) is 11.1 Å². The first kappa shape index (κ1) is 17.8. The predicted octanol–water partition coefficient (Wildman–Crippen LogP) is 4.93. The number of carbonyl (C=O) groups excluding carboxylic acids is 1. The molecule has 1 unspecified atom stereocenters. The van der Waals surface area contributed by atoms with Gasteiger partial charge in [0.2, 0.25) is 0 Å². The van der Waals surface area contributed by atoms with E-state index in [4.69, 9.17) is 4.74 Å². The van der Waals surface area contributed by atoms with Gasteiger partial charge in [0.15, 0.2) is 0 Å². The zero-order valence-electron chi connectivity index (χ0n) is 13.9. The van der Waals surface area contributed by atoms with Gasteiger partial charge in [-0.15, -0.1) is 11.3 Å². The summed E-state index contributed by atoms with van der Waals surface area (Å²) in [4.78, 5) is 21.7. The fraction of sp³-hybridized carbons (Fsp3) is 0.278. The van der Waals surface area contributed by atoms with Gasteiger partial charge in [-0.3, -0.25) is 4.79 Å². The summed E-state index contributed by atoms with van der Waals surface area (Å²) in [7, 11) is 0. The highest BCUT2D eigenvalue weighted by Crippen LogP contribution is 2.39. The number of carbonyl (C=O) groups is 1. The van der Waals surface area contributed by atoms with Crippen LogP contribution in [0.2, 0.25) is 0 Å². The van der Waals surface area contributed by atoms with Crippen molar-refractivity contribution in [2.75, 3.05) is 6.61 Å². The third-order valence-corrected chi connectivity index (χ3v) is 5.89. The number of rotatable bonds is 6. The Labute approximate surface area is 153 Å². The minimum Gasteiger partial charge on any atom is -0.465 e. The van der Waals surface area contributed by atoms with E-state index in [0.29, 0.717) is 13.0 Å². The number of thiophene rings is 1. The molecule has 2 heterocycles. The molecule has 0 aliphatic rings. The van der Waals surface area contributed by atoms with E-state index >= 15 is 0 Å². The highest BCUT2D eigenvalue weighted by Gasteiger charge is 2.23. The molecule has 0 amide bonds. The fourth-order valence-corrected chi connectivity index (χ4v) is 4.46. The van der Waals surface area contributed by atoms with Gasteiger partial charge in [0.05, 0.1) is 12.0 Å². The molecule has 0 aliphatic carbocycles. The van der Waals surface area contributed by atoms with Crippen LogP contribution in [0.15, 0.2) is 41.0 Å². The maximum absolute atomic E-state index is 13.2. The molecule has 0 saturated carbocycles. The van der Waals surface area contributed by atoms with E-state index in [0.717, 1.165) is 26.4 Å². The lowest BCUT2D eigenvalue weighted by molar-refractivity contribution is -0.142. The lowest BCUT2D eigenvalue weighted by Crippen LogP contribution is -2.19. The van der Waals surface area contributed by atoms with Gasteiger partial charge in [-0.25, -0.2) is 14.4 Å². The highest BCUT2D eigenvalue weighted by atomic mass is 32.2. The highest BCUT2D eigenvalue weighted by molar-refractivity contribution is 8.00. The summed E-state index contributed by atoms with van der Waals surface area (Å²) in [6.07, 6.45) is 2.15. The molecule has 1 atom stereocenters. The van der Waals surface area contributed by atoms with Gasteiger partial charge in [-0.05, 0) is 31.0 Å². The van der Waals surface area contributed by atoms with Crippen LogP contribution < -0.4 is 0 Å². The standard InChI is InChI=1S/C18H17FN2O2S2/c1-3-14(18(22)23-4-2)25-17-15-13(9-24-16(15)20-10-21-17)11-5-7-12(19)8-6-11/h5-10,14H,3-4H2,1-2H3. The number of benzene rings is 1. The van der Waals surface area contributed by atoms with Gasteiger partial charge in [0, 0.05) is 10.9 Å². The van der Waals surface area contributed by atoms with E-state index in [1.165, 1.54) is 41.6 Å². The molecule has 0 N–H and O–H groups in total. The number of hydrogen-bond donors (Lipinski definition) is 0. The van der Waals surface area contributed by atoms with Crippen LogP contribution in [-0.2, 0) is 9.53 Å². The Morgan fingerprint density at radius 2 is 2.04 bits per heavy atom. The number of thioether (sulfide) groups is 1. The van der Waals surface area contributed by atoms with E-state index in [-0.39, 0.29) is 17.0 Å². The molecule has 130 valence electrons. The molecule has 1 aromatic carbocycles. The first-order valence-electron chi connectivity index (χ1n) is 7.95. The Balaban J connectivity index is 2.02. The van der Waals surface area contributed by atoms with Crippen molar-refractivity contribution in [2.45, 2.75) is 30.5 Å². The molecule has 7 heteroatoms. The van der Waals surface area contributed by atoms with E-state index in [9.17, 15) is 9.18 Å². The van der Waals surface area contributed by atoms with Crippen LogP contribution in [0.4, 0.5) is 4.39 Å². The first-order chi connectivity index (χ1) is 12.1. The van der Waals surface area contributed by atoms with E-state index in [1.807, 2.05) is 12.3 Å². The Kier molecular flexibility index (Phi) is 5.65. The monoisotopic (exact) mass is 376 g/mol. The second-order valence-corrected chi connectivity index (χ2v) is 7.33. The summed E-state index contributed by atoms with van der Waals surface area (Å²) in [5.74, 6) is -0.511. The third-order valence-electron chi connectivity index (χ3n) is 3.66. The average Bonchev–Trinajstić information content (AvgIpc) is 3.05. The number of esters is 1. The van der Waals surface area contributed by atoms with Crippen molar-refractivity contribution in [1.29, 1.82) is 0 Å². The van der Waals surface area contributed by atoms with Gasteiger partial charge in [0.1, 0.15) is 27.3 Å². The number of fused-ring (bicyclic) bond motifs is 1. The molecule has 0 fully saturated rings. The lowest BCUT2D eigenvalue weighted by Gasteiger charge is -2.13. The Morgan fingerprint density at radius 1 is 1.28 bits per heavy atom. The number of hydrogen-bond acceptors (Lipinski definition) is 6. The number of nitrogens with zero attached hydrogens (tertiary/aromatic N) is 2. The van der Waals surface area contributed by atoms with Crippen LogP contribution in [0.5, 0.6) is 0 Å². The van der Waals surface area contributed by atoms with Crippen LogP contribution in [0.25, 0.3) is 21.3 Å². The molecule has 0 saturated heterocycles. The van der Waals surface area contributed by atoms with Crippen molar-refractivity contribution in [3.05, 3.63) is 41.8 Å². The van der Waals surface area contributed by atoms with Gasteiger partial charge >= 0.3 is 5.97 Å². The van der Waals surface area contributed by atoms with E-state index < -0.39 is 0 Å².